The first-order valence-electron chi connectivity index (χ1n) is 7.23. The summed E-state index contributed by atoms with van der Waals surface area (Å²) in [5, 5.41) is 4.35. The van der Waals surface area contributed by atoms with E-state index in [1.807, 2.05) is 17.9 Å². The molecule has 1 aromatic rings. The third-order valence-corrected chi connectivity index (χ3v) is 5.43. The predicted octanol–water partition coefficient (Wildman–Crippen LogP) is 2.20. The number of nitrogens with one attached hydrogen (secondary N) is 1. The fraction of sp³-hybridized carbons (Fsp3) is 0.786. The number of hydrogen-bond acceptors (Lipinski definition) is 4. The van der Waals surface area contributed by atoms with Gasteiger partial charge in [0.2, 0.25) is 0 Å². The van der Waals surface area contributed by atoms with Gasteiger partial charge in [0, 0.05) is 12.6 Å². The monoisotopic (exact) mass is 343 g/mol. The second-order valence-corrected chi connectivity index (χ2v) is 7.15. The number of hydrazine groups is 1. The van der Waals surface area contributed by atoms with E-state index in [4.69, 9.17) is 5.84 Å². The summed E-state index contributed by atoms with van der Waals surface area (Å²) in [6, 6.07) is 0.0575. The Morgan fingerprint density at radius 1 is 1.60 bits per heavy atom. The molecule has 0 radical (unpaired) electrons. The summed E-state index contributed by atoms with van der Waals surface area (Å²) in [5.41, 5.74) is 4.22. The van der Waals surface area contributed by atoms with E-state index in [9.17, 15) is 0 Å². The Morgan fingerprint density at radius 2 is 2.30 bits per heavy atom. The molecular weight excluding hydrogens is 318 g/mol. The number of nitrogens with two attached hydrogens (primary N) is 1. The van der Waals surface area contributed by atoms with Gasteiger partial charge in [-0.15, -0.1) is 0 Å². The lowest BCUT2D eigenvalue weighted by Crippen LogP contribution is -2.57. The Bertz CT molecular complexity index is 439. The third-order valence-electron chi connectivity index (χ3n) is 4.81. The minimum Gasteiger partial charge on any atom is -0.302 e. The molecule has 0 bridgehead atoms. The molecule has 1 aromatic heterocycles. The number of hydrogen-bond donors (Lipinski definition) is 2. The highest BCUT2D eigenvalue weighted by atomic mass is 79.9. The highest BCUT2D eigenvalue weighted by Gasteiger charge is 2.45. The van der Waals surface area contributed by atoms with Crippen LogP contribution >= 0.6 is 15.9 Å². The lowest BCUT2D eigenvalue weighted by atomic mass is 9.70. The van der Waals surface area contributed by atoms with Gasteiger partial charge in [-0.05, 0) is 48.8 Å². The molecule has 6 heteroatoms. The SMILES string of the molecule is CC1CCCC(C(NN)c2c(Br)cnn2C)(N(C)C)C1. The van der Waals surface area contributed by atoms with Gasteiger partial charge in [-0.3, -0.25) is 10.5 Å². The quantitative estimate of drug-likeness (QED) is 0.649. The number of rotatable bonds is 4. The van der Waals surface area contributed by atoms with Crippen molar-refractivity contribution >= 4 is 15.9 Å². The summed E-state index contributed by atoms with van der Waals surface area (Å²) in [6.07, 6.45) is 6.69. The van der Waals surface area contributed by atoms with Crippen LogP contribution in [0.4, 0.5) is 0 Å². The Morgan fingerprint density at radius 3 is 2.75 bits per heavy atom. The van der Waals surface area contributed by atoms with Crippen molar-refractivity contribution in [1.82, 2.24) is 20.1 Å². The van der Waals surface area contributed by atoms with Gasteiger partial charge >= 0.3 is 0 Å². The normalized spacial score (nSPS) is 28.9. The molecule has 3 unspecified atom stereocenters. The van der Waals surface area contributed by atoms with Crippen molar-refractivity contribution in [3.05, 3.63) is 16.4 Å². The molecule has 1 fully saturated rings. The lowest BCUT2D eigenvalue weighted by molar-refractivity contribution is 0.0337. The largest absolute Gasteiger partial charge is 0.302 e. The summed E-state index contributed by atoms with van der Waals surface area (Å²) in [6.45, 7) is 2.34. The number of aryl methyl sites for hydroxylation is 1. The molecule has 1 aliphatic rings. The first-order chi connectivity index (χ1) is 9.42. The average Bonchev–Trinajstić information content (AvgIpc) is 2.71. The van der Waals surface area contributed by atoms with Crippen molar-refractivity contribution in [2.45, 2.75) is 44.2 Å². The zero-order valence-corrected chi connectivity index (χ0v) is 14.4. The van der Waals surface area contributed by atoms with E-state index in [-0.39, 0.29) is 11.6 Å². The van der Waals surface area contributed by atoms with Gasteiger partial charge in [0.15, 0.2) is 0 Å². The van der Waals surface area contributed by atoms with Gasteiger partial charge in [0.1, 0.15) is 0 Å². The molecule has 5 nitrogen and oxygen atoms in total. The van der Waals surface area contributed by atoms with Crippen LogP contribution in [0.2, 0.25) is 0 Å². The number of aromatic nitrogens is 2. The number of likely N-dealkylation sites (N-methyl/N-ethyl adjacent to an activating group) is 1. The third kappa shape index (κ3) is 2.66. The Balaban J connectivity index is 2.45. The fourth-order valence-electron chi connectivity index (χ4n) is 3.72. The van der Waals surface area contributed by atoms with E-state index in [1.165, 1.54) is 12.8 Å². The first kappa shape index (κ1) is 15.9. The van der Waals surface area contributed by atoms with Crippen LogP contribution in [0.25, 0.3) is 0 Å². The minimum absolute atomic E-state index is 0.0305. The molecule has 0 saturated heterocycles. The maximum atomic E-state index is 5.96. The van der Waals surface area contributed by atoms with Crippen LogP contribution in [0.15, 0.2) is 10.7 Å². The molecule has 0 spiro atoms. The van der Waals surface area contributed by atoms with Crippen LogP contribution in [-0.2, 0) is 7.05 Å². The van der Waals surface area contributed by atoms with Gasteiger partial charge in [0.05, 0.1) is 22.4 Å². The highest BCUT2D eigenvalue weighted by molar-refractivity contribution is 9.10. The van der Waals surface area contributed by atoms with Gasteiger partial charge in [-0.1, -0.05) is 19.8 Å². The summed E-state index contributed by atoms with van der Waals surface area (Å²) in [4.78, 5) is 2.34. The average molecular weight is 344 g/mol. The molecule has 3 atom stereocenters. The molecule has 1 aliphatic carbocycles. The standard InChI is InChI=1S/C14H26BrN5/c1-10-6-5-7-14(8-10,19(2)3)13(18-16)12-11(15)9-17-20(12)4/h9-10,13,18H,5-8,16H2,1-4H3. The van der Waals surface area contributed by atoms with Gasteiger partial charge in [0.25, 0.3) is 0 Å². The zero-order valence-electron chi connectivity index (χ0n) is 12.9. The fourth-order valence-corrected chi connectivity index (χ4v) is 4.30. The van der Waals surface area contributed by atoms with E-state index in [2.05, 4.69) is 52.4 Å². The van der Waals surface area contributed by atoms with Gasteiger partial charge in [-0.2, -0.15) is 5.10 Å². The van der Waals surface area contributed by atoms with Gasteiger partial charge < -0.3 is 4.90 Å². The summed E-state index contributed by atoms with van der Waals surface area (Å²) < 4.78 is 2.93. The summed E-state index contributed by atoms with van der Waals surface area (Å²) in [5.74, 6) is 6.68. The number of halogens is 1. The predicted molar refractivity (Wildman–Crippen MR) is 85.0 cm³/mol. The lowest BCUT2D eigenvalue weighted by Gasteiger charge is -2.50. The van der Waals surface area contributed by atoms with E-state index >= 15 is 0 Å². The van der Waals surface area contributed by atoms with Crippen LogP contribution in [0.5, 0.6) is 0 Å². The topological polar surface area (TPSA) is 59.1 Å². The molecule has 1 saturated carbocycles. The van der Waals surface area contributed by atoms with Crippen molar-refractivity contribution in [1.29, 1.82) is 0 Å². The van der Waals surface area contributed by atoms with E-state index < -0.39 is 0 Å². The molecule has 0 aliphatic heterocycles. The van der Waals surface area contributed by atoms with Crippen LogP contribution < -0.4 is 11.3 Å². The maximum Gasteiger partial charge on any atom is 0.0823 e. The first-order valence-corrected chi connectivity index (χ1v) is 8.02. The number of nitrogens with zero attached hydrogens (tertiary/aromatic N) is 3. The van der Waals surface area contributed by atoms with Crippen LogP contribution in [0.1, 0.15) is 44.3 Å². The van der Waals surface area contributed by atoms with Crippen molar-refractivity contribution in [3.8, 4) is 0 Å². The van der Waals surface area contributed by atoms with Crippen LogP contribution in [0.3, 0.4) is 0 Å². The molecule has 114 valence electrons. The zero-order chi connectivity index (χ0) is 14.9. The second kappa shape index (κ2) is 6.13. The van der Waals surface area contributed by atoms with E-state index in [0.717, 1.165) is 23.0 Å². The molecular formula is C14H26BrN5. The molecule has 1 heterocycles. The van der Waals surface area contributed by atoms with E-state index in [0.29, 0.717) is 5.92 Å². The Hall–Kier alpha value is -0.430. The van der Waals surface area contributed by atoms with E-state index in [1.54, 1.807) is 0 Å². The van der Waals surface area contributed by atoms with Crippen molar-refractivity contribution in [3.63, 3.8) is 0 Å². The molecule has 2 rings (SSSR count). The van der Waals surface area contributed by atoms with Gasteiger partial charge in [-0.25, -0.2) is 5.43 Å². The molecule has 3 N–H and O–H groups in total. The highest BCUT2D eigenvalue weighted by Crippen LogP contribution is 2.44. The minimum atomic E-state index is 0.0305. The second-order valence-electron chi connectivity index (χ2n) is 6.30. The Kier molecular flexibility index (Phi) is 4.89. The van der Waals surface area contributed by atoms with Crippen LogP contribution in [0, 0.1) is 5.92 Å². The summed E-state index contributed by atoms with van der Waals surface area (Å²) in [7, 11) is 6.29. The Labute approximate surface area is 130 Å². The maximum absolute atomic E-state index is 5.96. The molecule has 20 heavy (non-hydrogen) atoms. The van der Waals surface area contributed by atoms with Crippen molar-refractivity contribution < 1.29 is 0 Å². The van der Waals surface area contributed by atoms with Crippen molar-refractivity contribution in [2.24, 2.45) is 18.8 Å². The van der Waals surface area contributed by atoms with Crippen LogP contribution in [-0.4, -0.2) is 34.3 Å². The summed E-state index contributed by atoms with van der Waals surface area (Å²) >= 11 is 3.62. The molecule has 0 aromatic carbocycles. The molecule has 0 amide bonds. The van der Waals surface area contributed by atoms with Crippen molar-refractivity contribution in [2.75, 3.05) is 14.1 Å². The smallest absolute Gasteiger partial charge is 0.0823 e.